The highest BCUT2D eigenvalue weighted by molar-refractivity contribution is 5.93. The molecule has 7 nitrogen and oxygen atoms in total. The van der Waals surface area contributed by atoms with E-state index in [0.29, 0.717) is 17.6 Å². The summed E-state index contributed by atoms with van der Waals surface area (Å²) in [6.07, 6.45) is 5.81. The molecule has 2 heterocycles. The van der Waals surface area contributed by atoms with Gasteiger partial charge in [-0.05, 0) is 25.0 Å². The van der Waals surface area contributed by atoms with Crippen LogP contribution in [0.15, 0.2) is 77.9 Å². The van der Waals surface area contributed by atoms with Crippen LogP contribution in [0.2, 0.25) is 0 Å². The van der Waals surface area contributed by atoms with E-state index in [1.807, 2.05) is 65.5 Å². The summed E-state index contributed by atoms with van der Waals surface area (Å²) in [5.41, 5.74) is 1.40. The maximum atomic E-state index is 13.0. The van der Waals surface area contributed by atoms with Gasteiger partial charge in [0.05, 0.1) is 11.1 Å². The third kappa shape index (κ3) is 3.99. The van der Waals surface area contributed by atoms with Gasteiger partial charge in [-0.25, -0.2) is 4.68 Å². The van der Waals surface area contributed by atoms with E-state index in [4.69, 9.17) is 0 Å². The summed E-state index contributed by atoms with van der Waals surface area (Å²) in [4.78, 5) is 25.7. The first-order chi connectivity index (χ1) is 15.1. The van der Waals surface area contributed by atoms with Gasteiger partial charge < -0.3 is 5.32 Å². The van der Waals surface area contributed by atoms with Gasteiger partial charge in [0.2, 0.25) is 5.91 Å². The van der Waals surface area contributed by atoms with Crippen LogP contribution in [0.5, 0.6) is 0 Å². The van der Waals surface area contributed by atoms with Crippen LogP contribution >= 0.6 is 0 Å². The molecule has 1 fully saturated rings. The van der Waals surface area contributed by atoms with Crippen molar-refractivity contribution in [2.75, 3.05) is 6.54 Å². The minimum Gasteiger partial charge on any atom is -0.354 e. The van der Waals surface area contributed by atoms with Gasteiger partial charge in [-0.3, -0.25) is 14.3 Å². The van der Waals surface area contributed by atoms with Gasteiger partial charge in [0.1, 0.15) is 6.54 Å². The smallest absolute Gasteiger partial charge is 0.275 e. The Hall–Kier alpha value is -3.74. The normalized spacial score (nSPS) is 14.5. The maximum Gasteiger partial charge on any atom is 0.275 e. The van der Waals surface area contributed by atoms with E-state index in [2.05, 4.69) is 15.5 Å². The number of rotatable bonds is 7. The minimum atomic E-state index is -0.261. The first-order valence-corrected chi connectivity index (χ1v) is 10.4. The molecule has 0 spiro atoms. The fourth-order valence-electron chi connectivity index (χ4n) is 3.93. The lowest BCUT2D eigenvalue weighted by Gasteiger charge is -2.16. The highest BCUT2D eigenvalue weighted by atomic mass is 16.2. The van der Waals surface area contributed by atoms with Crippen molar-refractivity contribution >= 4 is 16.7 Å². The lowest BCUT2D eigenvalue weighted by Crippen LogP contribution is -2.37. The van der Waals surface area contributed by atoms with Gasteiger partial charge in [0.25, 0.3) is 5.56 Å². The highest BCUT2D eigenvalue weighted by Gasteiger charge is 2.43. The molecule has 156 valence electrons. The quantitative estimate of drug-likeness (QED) is 0.505. The Morgan fingerprint density at radius 2 is 1.74 bits per heavy atom. The van der Waals surface area contributed by atoms with E-state index in [1.165, 1.54) is 4.68 Å². The van der Waals surface area contributed by atoms with Crippen molar-refractivity contribution in [3.8, 4) is 11.3 Å². The fourth-order valence-corrected chi connectivity index (χ4v) is 3.93. The molecule has 4 aromatic rings. The van der Waals surface area contributed by atoms with Gasteiger partial charge in [-0.15, -0.1) is 0 Å². The molecule has 0 aliphatic heterocycles. The largest absolute Gasteiger partial charge is 0.354 e. The first kappa shape index (κ1) is 19.2. The van der Waals surface area contributed by atoms with Gasteiger partial charge >= 0.3 is 0 Å². The van der Waals surface area contributed by atoms with Crippen LogP contribution in [0.25, 0.3) is 22.0 Å². The van der Waals surface area contributed by atoms with Crippen molar-refractivity contribution in [1.29, 1.82) is 0 Å². The van der Waals surface area contributed by atoms with E-state index in [-0.39, 0.29) is 23.4 Å². The number of hydrogen-bond acceptors (Lipinski definition) is 4. The predicted molar refractivity (Wildman–Crippen MR) is 118 cm³/mol. The molecular formula is C24H23N5O2. The van der Waals surface area contributed by atoms with E-state index in [0.717, 1.165) is 30.3 Å². The summed E-state index contributed by atoms with van der Waals surface area (Å²) in [6, 6.07) is 19.0. The number of aromatic nitrogens is 4. The highest BCUT2D eigenvalue weighted by Crippen LogP contribution is 2.46. The minimum absolute atomic E-state index is 0.0542. The third-order valence-corrected chi connectivity index (χ3v) is 5.88. The number of hydrogen-bond donors (Lipinski definition) is 1. The van der Waals surface area contributed by atoms with Crippen molar-refractivity contribution in [3.63, 3.8) is 0 Å². The molecule has 2 aromatic carbocycles. The number of amides is 1. The second kappa shape index (κ2) is 7.83. The Balaban J connectivity index is 1.37. The number of carbonyl (C=O) groups is 1. The predicted octanol–water partition coefficient (Wildman–Crippen LogP) is 2.86. The molecular weight excluding hydrogens is 390 g/mol. The van der Waals surface area contributed by atoms with Crippen LogP contribution in [0.1, 0.15) is 12.8 Å². The summed E-state index contributed by atoms with van der Waals surface area (Å²) in [5, 5.41) is 13.2. The van der Waals surface area contributed by atoms with Crippen molar-refractivity contribution in [3.05, 3.63) is 83.4 Å². The standard InChI is InChI=1S/C24H23N5O2/c30-21(25-16-24(11-12-24)17-28-14-6-13-26-28)15-29-23(31)20-10-5-4-9-19(20)22(27-29)18-7-2-1-3-8-18/h1-10,13-14H,11-12,15-17H2,(H,25,30). The molecule has 0 bridgehead atoms. The number of nitrogens with one attached hydrogen (secondary N) is 1. The zero-order chi connectivity index (χ0) is 21.3. The molecule has 5 rings (SSSR count). The van der Waals surface area contributed by atoms with Gasteiger partial charge in [0.15, 0.2) is 0 Å². The molecule has 0 unspecified atom stereocenters. The third-order valence-electron chi connectivity index (χ3n) is 5.88. The Bertz CT molecular complexity index is 1270. The Kier molecular flexibility index (Phi) is 4.86. The van der Waals surface area contributed by atoms with Crippen LogP contribution in [-0.2, 0) is 17.9 Å². The van der Waals surface area contributed by atoms with Crippen LogP contribution in [0.3, 0.4) is 0 Å². The van der Waals surface area contributed by atoms with Crippen molar-refractivity contribution in [1.82, 2.24) is 24.9 Å². The van der Waals surface area contributed by atoms with Crippen LogP contribution in [0.4, 0.5) is 0 Å². The van der Waals surface area contributed by atoms with Crippen molar-refractivity contribution < 1.29 is 4.79 Å². The van der Waals surface area contributed by atoms with E-state index < -0.39 is 0 Å². The molecule has 1 aliphatic rings. The van der Waals surface area contributed by atoms with Gasteiger partial charge in [-0.2, -0.15) is 10.2 Å². The molecule has 1 saturated carbocycles. The van der Waals surface area contributed by atoms with Gasteiger partial charge in [-0.1, -0.05) is 48.5 Å². The summed E-state index contributed by atoms with van der Waals surface area (Å²) in [6.45, 7) is 1.24. The zero-order valence-electron chi connectivity index (χ0n) is 17.1. The molecule has 0 saturated heterocycles. The molecule has 0 atom stereocenters. The molecule has 0 radical (unpaired) electrons. The summed E-state index contributed by atoms with van der Waals surface area (Å²) >= 11 is 0. The summed E-state index contributed by atoms with van der Waals surface area (Å²) in [7, 11) is 0. The molecule has 2 aromatic heterocycles. The summed E-state index contributed by atoms with van der Waals surface area (Å²) < 4.78 is 3.17. The number of fused-ring (bicyclic) bond motifs is 1. The topological polar surface area (TPSA) is 81.8 Å². The number of nitrogens with zero attached hydrogens (tertiary/aromatic N) is 4. The Morgan fingerprint density at radius 1 is 1.00 bits per heavy atom. The van der Waals surface area contributed by atoms with E-state index in [1.54, 1.807) is 12.3 Å². The van der Waals surface area contributed by atoms with E-state index in [9.17, 15) is 9.59 Å². The fraction of sp³-hybridized carbons (Fsp3) is 0.250. The lowest BCUT2D eigenvalue weighted by molar-refractivity contribution is -0.122. The average Bonchev–Trinajstić information content (AvgIpc) is 3.37. The average molecular weight is 413 g/mol. The second-order valence-corrected chi connectivity index (χ2v) is 8.20. The molecule has 1 aliphatic carbocycles. The van der Waals surface area contributed by atoms with Crippen molar-refractivity contribution in [2.24, 2.45) is 5.41 Å². The van der Waals surface area contributed by atoms with Gasteiger partial charge in [0, 0.05) is 41.8 Å². The van der Waals surface area contributed by atoms with Crippen molar-refractivity contribution in [2.45, 2.75) is 25.9 Å². The maximum absolute atomic E-state index is 13.0. The SMILES string of the molecule is O=C(Cn1nc(-c2ccccc2)c2ccccc2c1=O)NCC1(Cn2cccn2)CC1. The zero-order valence-corrected chi connectivity index (χ0v) is 17.1. The monoisotopic (exact) mass is 413 g/mol. The summed E-state index contributed by atoms with van der Waals surface area (Å²) in [5.74, 6) is -0.212. The van der Waals surface area contributed by atoms with Crippen LogP contribution < -0.4 is 10.9 Å². The van der Waals surface area contributed by atoms with Crippen LogP contribution in [0, 0.1) is 5.41 Å². The van der Waals surface area contributed by atoms with E-state index >= 15 is 0 Å². The first-order valence-electron chi connectivity index (χ1n) is 10.4. The Labute approximate surface area is 179 Å². The van der Waals surface area contributed by atoms with Crippen LogP contribution in [-0.4, -0.2) is 32.0 Å². The lowest BCUT2D eigenvalue weighted by atomic mass is 10.1. The number of benzene rings is 2. The molecule has 1 amide bonds. The molecule has 31 heavy (non-hydrogen) atoms. The molecule has 1 N–H and O–H groups in total. The number of carbonyl (C=O) groups excluding carboxylic acids is 1. The second-order valence-electron chi connectivity index (χ2n) is 8.20. The molecule has 7 heteroatoms. The Morgan fingerprint density at radius 3 is 2.45 bits per heavy atom.